The highest BCUT2D eigenvalue weighted by Gasteiger charge is 2.15. The van der Waals surface area contributed by atoms with E-state index in [1.165, 1.54) is 5.39 Å². The van der Waals surface area contributed by atoms with Crippen LogP contribution in [0.5, 0.6) is 0 Å². The molecule has 0 N–H and O–H groups in total. The van der Waals surface area contributed by atoms with Gasteiger partial charge in [-0.05, 0) is 34.0 Å². The summed E-state index contributed by atoms with van der Waals surface area (Å²) < 4.78 is 13.7. The third-order valence-corrected chi connectivity index (χ3v) is 2.93. The van der Waals surface area contributed by atoms with E-state index in [2.05, 4.69) is 12.1 Å². The van der Waals surface area contributed by atoms with E-state index < -0.39 is 6.17 Å². The van der Waals surface area contributed by atoms with Gasteiger partial charge in [-0.25, -0.2) is 4.39 Å². The van der Waals surface area contributed by atoms with Crippen molar-refractivity contribution in [3.05, 3.63) is 53.6 Å². The molecule has 0 saturated carbocycles. The minimum absolute atomic E-state index is 0.505. The number of hydrogen-bond acceptors (Lipinski definition) is 0. The van der Waals surface area contributed by atoms with Crippen LogP contribution in [0.25, 0.3) is 16.8 Å². The number of benzene rings is 2. The third-order valence-electron chi connectivity index (χ3n) is 2.93. The van der Waals surface area contributed by atoms with E-state index in [0.29, 0.717) is 6.42 Å². The van der Waals surface area contributed by atoms with Gasteiger partial charge in [-0.1, -0.05) is 36.4 Å². The van der Waals surface area contributed by atoms with Crippen LogP contribution in [0.4, 0.5) is 4.39 Å². The number of fused-ring (bicyclic) bond motifs is 2. The van der Waals surface area contributed by atoms with Crippen LogP contribution in [-0.4, -0.2) is 0 Å². The predicted molar refractivity (Wildman–Crippen MR) is 61.4 cm³/mol. The van der Waals surface area contributed by atoms with Crippen LogP contribution in [0, 0.1) is 0 Å². The van der Waals surface area contributed by atoms with Gasteiger partial charge in [0.15, 0.2) is 0 Å². The van der Waals surface area contributed by atoms with E-state index in [9.17, 15) is 4.39 Å². The quantitative estimate of drug-likeness (QED) is 0.593. The summed E-state index contributed by atoms with van der Waals surface area (Å²) in [6.07, 6.45) is 3.58. The fourth-order valence-corrected chi connectivity index (χ4v) is 2.13. The molecule has 1 unspecified atom stereocenters. The Morgan fingerprint density at radius 1 is 1.07 bits per heavy atom. The maximum Gasteiger partial charge on any atom is 0.129 e. The van der Waals surface area contributed by atoms with Gasteiger partial charge in [0.1, 0.15) is 6.17 Å². The van der Waals surface area contributed by atoms with Gasteiger partial charge < -0.3 is 0 Å². The molecule has 2 aromatic rings. The van der Waals surface area contributed by atoms with Crippen LogP contribution in [0.3, 0.4) is 0 Å². The molecule has 0 bridgehead atoms. The summed E-state index contributed by atoms with van der Waals surface area (Å²) in [7, 11) is 0. The number of alkyl halides is 1. The van der Waals surface area contributed by atoms with Crippen molar-refractivity contribution in [2.75, 3.05) is 0 Å². The average Bonchev–Trinajstić information content (AvgIpc) is 2.27. The van der Waals surface area contributed by atoms with Gasteiger partial charge in [0.25, 0.3) is 0 Å². The summed E-state index contributed by atoms with van der Waals surface area (Å²) in [6.45, 7) is 0. The Morgan fingerprint density at radius 3 is 2.60 bits per heavy atom. The molecule has 0 aromatic heterocycles. The second-order valence-electron chi connectivity index (χ2n) is 3.93. The van der Waals surface area contributed by atoms with E-state index in [0.717, 1.165) is 16.5 Å². The Morgan fingerprint density at radius 2 is 1.80 bits per heavy atom. The van der Waals surface area contributed by atoms with Crippen LogP contribution in [0.15, 0.2) is 42.5 Å². The standard InChI is InChI=1S/C14H11F/c15-14-7-3-6-12-8-10-4-1-2-5-11(10)9-13(12)14/h1-6,8-9,14H,7H2. The van der Waals surface area contributed by atoms with Crippen LogP contribution in [-0.2, 0) is 0 Å². The van der Waals surface area contributed by atoms with E-state index in [-0.39, 0.29) is 0 Å². The lowest BCUT2D eigenvalue weighted by Gasteiger charge is -2.15. The zero-order valence-corrected chi connectivity index (χ0v) is 8.28. The summed E-state index contributed by atoms with van der Waals surface area (Å²) >= 11 is 0. The molecule has 1 atom stereocenters. The molecule has 0 nitrogen and oxygen atoms in total. The molecular weight excluding hydrogens is 187 g/mol. The van der Waals surface area contributed by atoms with E-state index in [4.69, 9.17) is 0 Å². The largest absolute Gasteiger partial charge is 0.242 e. The lowest BCUT2D eigenvalue weighted by molar-refractivity contribution is 0.345. The number of hydrogen-bond donors (Lipinski definition) is 0. The van der Waals surface area contributed by atoms with Gasteiger partial charge in [-0.2, -0.15) is 0 Å². The van der Waals surface area contributed by atoms with Gasteiger partial charge in [0.2, 0.25) is 0 Å². The van der Waals surface area contributed by atoms with Crippen LogP contribution in [0.1, 0.15) is 23.7 Å². The Balaban J connectivity index is 2.33. The predicted octanol–water partition coefficient (Wildman–Crippen LogP) is 4.27. The molecule has 0 saturated heterocycles. The van der Waals surface area contributed by atoms with Gasteiger partial charge in [-0.3, -0.25) is 0 Å². The van der Waals surface area contributed by atoms with Crippen molar-refractivity contribution in [2.45, 2.75) is 12.6 Å². The number of halogens is 1. The van der Waals surface area contributed by atoms with Crippen molar-refractivity contribution in [3.8, 4) is 0 Å². The van der Waals surface area contributed by atoms with E-state index in [1.807, 2.05) is 36.4 Å². The molecule has 15 heavy (non-hydrogen) atoms. The molecule has 0 amide bonds. The number of allylic oxidation sites excluding steroid dienone is 1. The first-order chi connectivity index (χ1) is 7.34. The van der Waals surface area contributed by atoms with Crippen molar-refractivity contribution in [1.29, 1.82) is 0 Å². The normalized spacial score (nSPS) is 19.1. The molecule has 0 spiro atoms. The summed E-state index contributed by atoms with van der Waals surface area (Å²) in [5, 5.41) is 2.30. The van der Waals surface area contributed by atoms with Gasteiger partial charge in [0.05, 0.1) is 0 Å². The smallest absolute Gasteiger partial charge is 0.129 e. The topological polar surface area (TPSA) is 0 Å². The van der Waals surface area contributed by atoms with Crippen LogP contribution < -0.4 is 0 Å². The first-order valence-electron chi connectivity index (χ1n) is 5.18. The molecule has 3 rings (SSSR count). The van der Waals surface area contributed by atoms with Crippen molar-refractivity contribution in [3.63, 3.8) is 0 Å². The second-order valence-corrected chi connectivity index (χ2v) is 3.93. The Bertz CT molecular complexity index is 540. The highest BCUT2D eigenvalue weighted by Crippen LogP contribution is 2.33. The second kappa shape index (κ2) is 3.20. The van der Waals surface area contributed by atoms with Gasteiger partial charge in [-0.15, -0.1) is 0 Å². The van der Waals surface area contributed by atoms with E-state index >= 15 is 0 Å². The summed E-state index contributed by atoms with van der Waals surface area (Å²) in [6, 6.07) is 12.1. The monoisotopic (exact) mass is 198 g/mol. The first kappa shape index (κ1) is 8.66. The van der Waals surface area contributed by atoms with Crippen molar-refractivity contribution in [2.24, 2.45) is 0 Å². The molecule has 74 valence electrons. The maximum absolute atomic E-state index is 13.7. The highest BCUT2D eigenvalue weighted by molar-refractivity contribution is 5.86. The zero-order valence-electron chi connectivity index (χ0n) is 8.28. The minimum atomic E-state index is -0.838. The fourth-order valence-electron chi connectivity index (χ4n) is 2.13. The van der Waals surface area contributed by atoms with Gasteiger partial charge >= 0.3 is 0 Å². The third kappa shape index (κ3) is 1.35. The first-order valence-corrected chi connectivity index (χ1v) is 5.18. The van der Waals surface area contributed by atoms with Gasteiger partial charge in [0, 0.05) is 6.42 Å². The molecular formula is C14H11F. The van der Waals surface area contributed by atoms with Crippen molar-refractivity contribution in [1.82, 2.24) is 0 Å². The molecule has 1 heteroatoms. The summed E-state index contributed by atoms with van der Waals surface area (Å²) in [5.41, 5.74) is 1.85. The average molecular weight is 198 g/mol. The van der Waals surface area contributed by atoms with Crippen molar-refractivity contribution >= 4 is 16.8 Å². The molecule has 0 heterocycles. The maximum atomic E-state index is 13.7. The number of rotatable bonds is 0. The van der Waals surface area contributed by atoms with Crippen LogP contribution >= 0.6 is 0 Å². The molecule has 1 aliphatic carbocycles. The molecule has 1 aliphatic rings. The lowest BCUT2D eigenvalue weighted by atomic mass is 9.93. The molecule has 2 aromatic carbocycles. The Hall–Kier alpha value is -1.63. The Labute approximate surface area is 88.0 Å². The molecule has 0 aliphatic heterocycles. The molecule has 0 radical (unpaired) electrons. The zero-order chi connectivity index (χ0) is 10.3. The SMILES string of the molecule is FC1CC=Cc2cc3ccccc3cc21. The summed E-state index contributed by atoms with van der Waals surface area (Å²) in [4.78, 5) is 0. The summed E-state index contributed by atoms with van der Waals surface area (Å²) in [5.74, 6) is 0. The lowest BCUT2D eigenvalue weighted by Crippen LogP contribution is -1.98. The van der Waals surface area contributed by atoms with Crippen LogP contribution in [0.2, 0.25) is 0 Å². The van der Waals surface area contributed by atoms with Crippen molar-refractivity contribution < 1.29 is 4.39 Å². The fraction of sp³-hybridized carbons (Fsp3) is 0.143. The highest BCUT2D eigenvalue weighted by atomic mass is 19.1. The minimum Gasteiger partial charge on any atom is -0.242 e. The van der Waals surface area contributed by atoms with E-state index in [1.54, 1.807) is 0 Å². The molecule has 0 fully saturated rings. The Kier molecular flexibility index (Phi) is 1.84.